The fourth-order valence-corrected chi connectivity index (χ4v) is 1.75. The molecule has 0 heterocycles. The summed E-state index contributed by atoms with van der Waals surface area (Å²) in [6, 6.07) is 6.98. The van der Waals surface area contributed by atoms with Crippen LogP contribution in [0.5, 0.6) is 0 Å². The summed E-state index contributed by atoms with van der Waals surface area (Å²) in [5, 5.41) is 2.55. The van der Waals surface area contributed by atoms with Crippen LogP contribution < -0.4 is 10.8 Å². The molecule has 1 aromatic rings. The molecule has 1 rings (SSSR count). The summed E-state index contributed by atoms with van der Waals surface area (Å²) in [5.41, 5.74) is 1.45. The number of hydrogen-bond acceptors (Lipinski definition) is 4. The standard InChI is InChI=1S/C15H22BNO4/c1-15(2,3)21-14(19)17-12(13(18)20-4)9-10-5-7-11(16)8-6-10/h5-8,12H,9,16H2,1-4H3,(H,17,19). The SMILES string of the molecule is Bc1ccc(CC(NC(=O)OC(C)(C)C)C(=O)OC)cc1. The van der Waals surface area contributed by atoms with E-state index in [-0.39, 0.29) is 0 Å². The van der Waals surface area contributed by atoms with Gasteiger partial charge in [0.15, 0.2) is 0 Å². The lowest BCUT2D eigenvalue weighted by molar-refractivity contribution is -0.143. The summed E-state index contributed by atoms with van der Waals surface area (Å²) in [6.45, 7) is 5.29. The topological polar surface area (TPSA) is 64.6 Å². The van der Waals surface area contributed by atoms with Crippen LogP contribution in [-0.4, -0.2) is 38.7 Å². The second-order valence-corrected chi connectivity index (χ2v) is 5.91. The first-order valence-corrected chi connectivity index (χ1v) is 6.84. The Morgan fingerprint density at radius 1 is 1.24 bits per heavy atom. The van der Waals surface area contributed by atoms with Crippen molar-refractivity contribution in [2.45, 2.75) is 38.8 Å². The predicted octanol–water partition coefficient (Wildman–Crippen LogP) is 0.554. The Bertz CT molecular complexity index is 493. The number of alkyl carbamates (subject to hydrolysis) is 1. The van der Waals surface area contributed by atoms with Gasteiger partial charge >= 0.3 is 12.1 Å². The second kappa shape index (κ2) is 7.15. The lowest BCUT2D eigenvalue weighted by Gasteiger charge is -2.22. The fraction of sp³-hybridized carbons (Fsp3) is 0.467. The number of esters is 1. The maximum Gasteiger partial charge on any atom is 0.408 e. The maximum atomic E-state index is 11.8. The number of ether oxygens (including phenoxy) is 2. The van der Waals surface area contributed by atoms with Gasteiger partial charge in [-0.25, -0.2) is 9.59 Å². The van der Waals surface area contributed by atoms with Crippen molar-refractivity contribution in [3.05, 3.63) is 29.8 Å². The van der Waals surface area contributed by atoms with Crippen molar-refractivity contribution in [3.63, 3.8) is 0 Å². The molecule has 0 aliphatic carbocycles. The molecule has 1 unspecified atom stereocenters. The first kappa shape index (κ1) is 17.1. The Morgan fingerprint density at radius 3 is 2.29 bits per heavy atom. The average molecular weight is 291 g/mol. The number of nitrogens with one attached hydrogen (secondary N) is 1. The first-order chi connectivity index (χ1) is 9.71. The quantitative estimate of drug-likeness (QED) is 0.650. The highest BCUT2D eigenvalue weighted by molar-refractivity contribution is 6.32. The van der Waals surface area contributed by atoms with E-state index in [4.69, 9.17) is 9.47 Å². The molecule has 5 nitrogen and oxygen atoms in total. The number of amides is 1. The van der Waals surface area contributed by atoms with E-state index in [1.807, 2.05) is 32.1 Å². The molecule has 114 valence electrons. The molecular formula is C15H22BNO4. The zero-order valence-electron chi connectivity index (χ0n) is 13.2. The van der Waals surface area contributed by atoms with Crippen LogP contribution in [0.4, 0.5) is 4.79 Å². The van der Waals surface area contributed by atoms with Gasteiger partial charge in [-0.05, 0) is 26.3 Å². The third kappa shape index (κ3) is 6.34. The van der Waals surface area contributed by atoms with E-state index in [0.717, 1.165) is 11.0 Å². The molecule has 0 radical (unpaired) electrons. The normalized spacial score (nSPS) is 12.4. The van der Waals surface area contributed by atoms with E-state index in [0.29, 0.717) is 6.42 Å². The van der Waals surface area contributed by atoms with Crippen LogP contribution in [0, 0.1) is 0 Å². The Balaban J connectivity index is 2.74. The molecule has 0 spiro atoms. The summed E-state index contributed by atoms with van der Waals surface area (Å²) in [7, 11) is 3.28. The highest BCUT2D eigenvalue weighted by atomic mass is 16.6. The molecule has 1 atom stereocenters. The summed E-state index contributed by atoms with van der Waals surface area (Å²) < 4.78 is 9.89. The monoisotopic (exact) mass is 291 g/mol. The van der Waals surface area contributed by atoms with Crippen molar-refractivity contribution < 1.29 is 19.1 Å². The molecule has 0 aromatic heterocycles. The predicted molar refractivity (Wildman–Crippen MR) is 83.5 cm³/mol. The first-order valence-electron chi connectivity index (χ1n) is 6.84. The van der Waals surface area contributed by atoms with Gasteiger partial charge in [0.2, 0.25) is 0 Å². The van der Waals surface area contributed by atoms with Gasteiger partial charge in [0.05, 0.1) is 7.11 Å². The van der Waals surface area contributed by atoms with Gasteiger partial charge in [-0.15, -0.1) is 0 Å². The van der Waals surface area contributed by atoms with E-state index in [2.05, 4.69) is 5.32 Å². The van der Waals surface area contributed by atoms with Gasteiger partial charge in [-0.2, -0.15) is 0 Å². The van der Waals surface area contributed by atoms with Gasteiger partial charge in [0, 0.05) is 6.42 Å². The molecule has 1 N–H and O–H groups in total. The summed E-state index contributed by atoms with van der Waals surface area (Å²) >= 11 is 0. The van der Waals surface area contributed by atoms with E-state index >= 15 is 0 Å². The molecule has 6 heteroatoms. The summed E-state index contributed by atoms with van der Waals surface area (Å²) in [5.74, 6) is -0.499. The molecule has 0 bridgehead atoms. The van der Waals surface area contributed by atoms with E-state index in [1.54, 1.807) is 20.8 Å². The number of carbonyl (C=O) groups excluding carboxylic acids is 2. The van der Waals surface area contributed by atoms with Crippen LogP contribution in [0.1, 0.15) is 26.3 Å². The Morgan fingerprint density at radius 2 is 1.81 bits per heavy atom. The van der Waals surface area contributed by atoms with E-state index in [9.17, 15) is 9.59 Å². The number of rotatable bonds is 4. The molecule has 0 saturated carbocycles. The van der Waals surface area contributed by atoms with E-state index < -0.39 is 23.7 Å². The Hall–Kier alpha value is -1.98. The van der Waals surface area contributed by atoms with Crippen molar-refractivity contribution in [2.24, 2.45) is 0 Å². The largest absolute Gasteiger partial charge is 0.467 e. The lowest BCUT2D eigenvalue weighted by Crippen LogP contribution is -2.45. The van der Waals surface area contributed by atoms with Gasteiger partial charge in [0.25, 0.3) is 0 Å². The number of carbonyl (C=O) groups is 2. The van der Waals surface area contributed by atoms with Crippen LogP contribution in [0.25, 0.3) is 0 Å². The van der Waals surface area contributed by atoms with Gasteiger partial charge in [0.1, 0.15) is 19.5 Å². The van der Waals surface area contributed by atoms with Crippen LogP contribution in [-0.2, 0) is 20.7 Å². The minimum Gasteiger partial charge on any atom is -0.467 e. The Kier molecular flexibility index (Phi) is 5.82. The van der Waals surface area contributed by atoms with Crippen molar-refractivity contribution in [2.75, 3.05) is 7.11 Å². The van der Waals surface area contributed by atoms with Crippen LogP contribution in [0.15, 0.2) is 24.3 Å². The average Bonchev–Trinajstić information content (AvgIpc) is 2.37. The van der Waals surface area contributed by atoms with E-state index in [1.165, 1.54) is 7.11 Å². The highest BCUT2D eigenvalue weighted by Crippen LogP contribution is 2.08. The molecule has 0 aliphatic heterocycles. The van der Waals surface area contributed by atoms with Crippen LogP contribution in [0.2, 0.25) is 0 Å². The fourth-order valence-electron chi connectivity index (χ4n) is 1.75. The van der Waals surface area contributed by atoms with Crippen LogP contribution in [0.3, 0.4) is 0 Å². The van der Waals surface area contributed by atoms with Gasteiger partial charge < -0.3 is 14.8 Å². The van der Waals surface area contributed by atoms with Gasteiger partial charge in [-0.1, -0.05) is 29.7 Å². The maximum absolute atomic E-state index is 11.8. The number of benzene rings is 1. The van der Waals surface area contributed by atoms with Crippen molar-refractivity contribution >= 4 is 25.4 Å². The minimum absolute atomic E-state index is 0.353. The Labute approximate surface area is 126 Å². The number of methoxy groups -OCH3 is 1. The molecule has 21 heavy (non-hydrogen) atoms. The van der Waals surface area contributed by atoms with Crippen molar-refractivity contribution in [3.8, 4) is 0 Å². The van der Waals surface area contributed by atoms with Crippen molar-refractivity contribution in [1.82, 2.24) is 5.32 Å². The molecule has 1 amide bonds. The molecular weight excluding hydrogens is 269 g/mol. The number of hydrogen-bond donors (Lipinski definition) is 1. The molecule has 1 aromatic carbocycles. The third-order valence-corrected chi connectivity index (χ3v) is 2.74. The van der Waals surface area contributed by atoms with Crippen LogP contribution >= 0.6 is 0 Å². The summed E-state index contributed by atoms with van der Waals surface area (Å²) in [4.78, 5) is 23.6. The summed E-state index contributed by atoms with van der Waals surface area (Å²) in [6.07, 6.45) is -0.281. The van der Waals surface area contributed by atoms with Gasteiger partial charge in [-0.3, -0.25) is 0 Å². The second-order valence-electron chi connectivity index (χ2n) is 5.91. The third-order valence-electron chi connectivity index (χ3n) is 2.74. The van der Waals surface area contributed by atoms with Crippen molar-refractivity contribution in [1.29, 1.82) is 0 Å². The molecule has 0 fully saturated rings. The zero-order chi connectivity index (χ0) is 16.0. The minimum atomic E-state index is -0.771. The molecule has 0 aliphatic rings. The highest BCUT2D eigenvalue weighted by Gasteiger charge is 2.25. The molecule has 0 saturated heterocycles. The lowest BCUT2D eigenvalue weighted by atomic mass is 9.94. The smallest absolute Gasteiger partial charge is 0.408 e. The zero-order valence-corrected chi connectivity index (χ0v) is 13.2.